The molecule has 1 fully saturated rings. The minimum absolute atomic E-state index is 0.0417. The molecule has 0 aromatic heterocycles. The fourth-order valence-electron chi connectivity index (χ4n) is 4.02. The van der Waals surface area contributed by atoms with Crippen molar-refractivity contribution in [3.05, 3.63) is 53.1 Å². The van der Waals surface area contributed by atoms with E-state index in [9.17, 15) is 13.2 Å². The number of benzene rings is 2. The molecule has 0 aliphatic carbocycles. The average Bonchev–Trinajstić information content (AvgIpc) is 2.82. The van der Waals surface area contributed by atoms with Crippen LogP contribution in [0.1, 0.15) is 21.5 Å². The third-order valence-corrected chi connectivity index (χ3v) is 7.67. The average molecular weight is 447 g/mol. The normalized spacial score (nSPS) is 17.2. The minimum Gasteiger partial charge on any atom is -0.493 e. The molecule has 0 unspecified atom stereocenters. The summed E-state index contributed by atoms with van der Waals surface area (Å²) in [5.41, 5.74) is 2.25. The number of hydrogen-bond donors (Lipinski definition) is 0. The molecule has 166 valence electrons. The van der Waals surface area contributed by atoms with Gasteiger partial charge in [0.05, 0.1) is 37.9 Å². The fourth-order valence-corrected chi connectivity index (χ4v) is 5.61. The highest BCUT2D eigenvalue weighted by atomic mass is 32.2. The summed E-state index contributed by atoms with van der Waals surface area (Å²) in [5.74, 6) is 0.960. The van der Waals surface area contributed by atoms with E-state index in [2.05, 4.69) is 0 Å². The molecule has 4 rings (SSSR count). The van der Waals surface area contributed by atoms with Crippen LogP contribution in [-0.4, -0.2) is 70.6 Å². The van der Waals surface area contributed by atoms with E-state index in [4.69, 9.17) is 14.2 Å². The molecule has 0 radical (unpaired) electrons. The van der Waals surface area contributed by atoms with Crippen LogP contribution >= 0.6 is 0 Å². The zero-order valence-electron chi connectivity index (χ0n) is 17.7. The Bertz CT molecular complexity index is 1080. The lowest BCUT2D eigenvalue weighted by molar-refractivity contribution is 0.0717. The molecule has 0 N–H and O–H groups in total. The predicted octanol–water partition coefficient (Wildman–Crippen LogP) is 1.92. The lowest BCUT2D eigenvalue weighted by atomic mass is 9.98. The van der Waals surface area contributed by atoms with Crippen molar-refractivity contribution in [3.8, 4) is 11.5 Å². The van der Waals surface area contributed by atoms with Crippen molar-refractivity contribution in [1.82, 2.24) is 9.21 Å². The third kappa shape index (κ3) is 4.13. The molecule has 0 atom stereocenters. The van der Waals surface area contributed by atoms with Crippen LogP contribution in [0.3, 0.4) is 0 Å². The lowest BCUT2D eigenvalue weighted by Crippen LogP contribution is -2.42. The van der Waals surface area contributed by atoms with Crippen molar-refractivity contribution in [3.63, 3.8) is 0 Å². The first-order valence-corrected chi connectivity index (χ1v) is 11.6. The Balaban J connectivity index is 1.63. The number of morpholine rings is 1. The smallest absolute Gasteiger partial charge is 0.255 e. The number of carbonyl (C=O) groups is 1. The second-order valence-electron chi connectivity index (χ2n) is 7.47. The number of sulfonamides is 1. The molecule has 0 bridgehead atoms. The van der Waals surface area contributed by atoms with Gasteiger partial charge in [-0.15, -0.1) is 0 Å². The Morgan fingerprint density at radius 2 is 1.61 bits per heavy atom. The van der Waals surface area contributed by atoms with Crippen molar-refractivity contribution in [2.75, 3.05) is 47.1 Å². The van der Waals surface area contributed by atoms with Crippen molar-refractivity contribution in [2.24, 2.45) is 0 Å². The maximum absolute atomic E-state index is 13.4. The van der Waals surface area contributed by atoms with E-state index in [0.29, 0.717) is 44.2 Å². The summed E-state index contributed by atoms with van der Waals surface area (Å²) in [5, 5.41) is 0. The van der Waals surface area contributed by atoms with Crippen LogP contribution in [0.15, 0.2) is 41.3 Å². The Morgan fingerprint density at radius 3 is 2.29 bits per heavy atom. The van der Waals surface area contributed by atoms with Gasteiger partial charge in [-0.2, -0.15) is 4.31 Å². The van der Waals surface area contributed by atoms with Gasteiger partial charge in [-0.1, -0.05) is 12.1 Å². The third-order valence-electron chi connectivity index (χ3n) is 5.71. The Morgan fingerprint density at radius 1 is 0.968 bits per heavy atom. The number of nitrogens with zero attached hydrogens (tertiary/aromatic N) is 2. The molecule has 9 heteroatoms. The lowest BCUT2D eigenvalue weighted by Gasteiger charge is -2.31. The largest absolute Gasteiger partial charge is 0.493 e. The van der Waals surface area contributed by atoms with Gasteiger partial charge in [0.1, 0.15) is 0 Å². The maximum Gasteiger partial charge on any atom is 0.255 e. The highest BCUT2D eigenvalue weighted by Gasteiger charge is 2.32. The number of hydrogen-bond acceptors (Lipinski definition) is 6. The molecule has 0 saturated carbocycles. The minimum atomic E-state index is -3.79. The van der Waals surface area contributed by atoms with Crippen LogP contribution in [0, 0.1) is 0 Å². The zero-order valence-corrected chi connectivity index (χ0v) is 18.5. The molecular formula is C22H26N2O6S. The van der Waals surface area contributed by atoms with Crippen LogP contribution in [0.25, 0.3) is 0 Å². The quantitative estimate of drug-likeness (QED) is 0.698. The molecule has 2 heterocycles. The SMILES string of the molecule is COc1cc2c(cc1OC)CN(C(=O)c1ccccc1S(=O)(=O)N1CCOCC1)CC2. The van der Waals surface area contributed by atoms with Crippen LogP contribution in [0.2, 0.25) is 0 Å². The second-order valence-corrected chi connectivity index (χ2v) is 9.37. The van der Waals surface area contributed by atoms with E-state index < -0.39 is 10.0 Å². The van der Waals surface area contributed by atoms with Crippen LogP contribution in [-0.2, 0) is 27.7 Å². The Kier molecular flexibility index (Phi) is 6.17. The highest BCUT2D eigenvalue weighted by Crippen LogP contribution is 2.34. The van der Waals surface area contributed by atoms with Crippen molar-refractivity contribution < 1.29 is 27.4 Å². The van der Waals surface area contributed by atoms with Crippen molar-refractivity contribution >= 4 is 15.9 Å². The maximum atomic E-state index is 13.4. The van der Waals surface area contributed by atoms with E-state index >= 15 is 0 Å². The standard InChI is InChI=1S/C22H26N2O6S/c1-28-19-13-16-7-8-23(15-17(16)14-20(19)29-2)22(25)18-5-3-4-6-21(18)31(26,27)24-9-11-30-12-10-24/h3-6,13-14H,7-12,15H2,1-2H3. The molecule has 1 amide bonds. The Labute approximate surface area is 182 Å². The second kappa shape index (κ2) is 8.86. The summed E-state index contributed by atoms with van der Waals surface area (Å²) in [7, 11) is -0.623. The van der Waals surface area contributed by atoms with Gasteiger partial charge >= 0.3 is 0 Å². The first-order chi connectivity index (χ1) is 15.0. The topological polar surface area (TPSA) is 85.4 Å². The van der Waals surface area contributed by atoms with Crippen molar-refractivity contribution in [1.29, 1.82) is 0 Å². The van der Waals surface area contributed by atoms with Crippen LogP contribution < -0.4 is 9.47 Å². The summed E-state index contributed by atoms with van der Waals surface area (Å²) in [6.45, 7) is 2.13. The van der Waals surface area contributed by atoms with E-state index in [1.54, 1.807) is 37.3 Å². The Hall–Kier alpha value is -2.62. The molecule has 0 spiro atoms. The van der Waals surface area contributed by atoms with Crippen LogP contribution in [0.4, 0.5) is 0 Å². The number of ether oxygens (including phenoxy) is 3. The van der Waals surface area contributed by atoms with E-state index in [1.807, 2.05) is 12.1 Å². The molecule has 2 aromatic rings. The number of methoxy groups -OCH3 is 2. The number of fused-ring (bicyclic) bond motifs is 1. The molecule has 1 saturated heterocycles. The van der Waals surface area contributed by atoms with E-state index in [0.717, 1.165) is 11.1 Å². The number of carbonyl (C=O) groups excluding carboxylic acids is 1. The first-order valence-electron chi connectivity index (χ1n) is 10.2. The van der Waals surface area contributed by atoms with Gasteiger partial charge in [0.25, 0.3) is 5.91 Å². The molecule has 2 aliphatic rings. The highest BCUT2D eigenvalue weighted by molar-refractivity contribution is 7.89. The van der Waals surface area contributed by atoms with E-state index in [1.165, 1.54) is 10.4 Å². The molecule has 31 heavy (non-hydrogen) atoms. The number of rotatable bonds is 5. The molecule has 8 nitrogen and oxygen atoms in total. The molecule has 2 aliphatic heterocycles. The monoisotopic (exact) mass is 446 g/mol. The zero-order chi connectivity index (χ0) is 22.0. The van der Waals surface area contributed by atoms with Gasteiger partial charge < -0.3 is 19.1 Å². The van der Waals surface area contributed by atoms with Crippen LogP contribution in [0.5, 0.6) is 11.5 Å². The molecular weight excluding hydrogens is 420 g/mol. The number of amides is 1. The molecule has 2 aromatic carbocycles. The first kappa shape index (κ1) is 21.6. The predicted molar refractivity (Wildman–Crippen MR) is 114 cm³/mol. The van der Waals surface area contributed by atoms with E-state index in [-0.39, 0.29) is 29.5 Å². The summed E-state index contributed by atoms with van der Waals surface area (Å²) >= 11 is 0. The summed E-state index contributed by atoms with van der Waals surface area (Å²) in [6.07, 6.45) is 0.653. The summed E-state index contributed by atoms with van der Waals surface area (Å²) < 4.78 is 43.8. The van der Waals surface area contributed by atoms with Gasteiger partial charge in [-0.25, -0.2) is 8.42 Å². The van der Waals surface area contributed by atoms with Crippen molar-refractivity contribution in [2.45, 2.75) is 17.9 Å². The van der Waals surface area contributed by atoms with Gasteiger partial charge in [-0.3, -0.25) is 4.79 Å². The summed E-state index contributed by atoms with van der Waals surface area (Å²) in [6, 6.07) is 10.2. The summed E-state index contributed by atoms with van der Waals surface area (Å²) in [4.78, 5) is 15.1. The fraction of sp³-hybridized carbons (Fsp3) is 0.409. The van der Waals surface area contributed by atoms with Gasteiger partial charge in [0, 0.05) is 26.2 Å². The van der Waals surface area contributed by atoms with Gasteiger partial charge in [0.2, 0.25) is 10.0 Å². The van der Waals surface area contributed by atoms with Gasteiger partial charge in [-0.05, 0) is 41.8 Å². The van der Waals surface area contributed by atoms with Gasteiger partial charge in [0.15, 0.2) is 11.5 Å².